The summed E-state index contributed by atoms with van der Waals surface area (Å²) in [6.45, 7) is 9.40. The van der Waals surface area contributed by atoms with Crippen molar-refractivity contribution in [1.29, 1.82) is 0 Å². The molecule has 1 rings (SSSR count). The third-order valence-corrected chi connectivity index (χ3v) is 4.15. The molecular weight excluding hydrogens is 259 g/mol. The van der Waals surface area contributed by atoms with Crippen molar-refractivity contribution in [3.05, 3.63) is 0 Å². The van der Waals surface area contributed by atoms with Gasteiger partial charge >= 0.3 is 0 Å². The van der Waals surface area contributed by atoms with Gasteiger partial charge in [0.1, 0.15) is 11.6 Å². The molecule has 0 bridgehead atoms. The lowest BCUT2D eigenvalue weighted by atomic mass is 9.79. The molecule has 0 aromatic rings. The normalized spacial score (nSPS) is 22.9. The summed E-state index contributed by atoms with van der Waals surface area (Å²) in [5.74, 6) is -0.199. The van der Waals surface area contributed by atoms with Crippen LogP contribution in [-0.2, 0) is 9.59 Å². The monoisotopic (exact) mass is 286 g/mol. The van der Waals surface area contributed by atoms with Gasteiger partial charge in [0.05, 0.1) is 6.67 Å². The number of hydrogen-bond acceptors (Lipinski definition) is 2. The highest BCUT2D eigenvalue weighted by Crippen LogP contribution is 2.33. The van der Waals surface area contributed by atoms with Gasteiger partial charge in [-0.1, -0.05) is 34.6 Å². The molecule has 20 heavy (non-hydrogen) atoms. The number of rotatable bonds is 5. The summed E-state index contributed by atoms with van der Waals surface area (Å²) >= 11 is 0. The standard InChI is InChI=1S/C15H27FN2O2/c1-6-15(7-2)13(20)18(10-8-9-16)11(12(19)17-15)14(3,4)5/h11H,6-10H2,1-5H3,(H,17,19). The molecule has 2 amide bonds. The van der Waals surface area contributed by atoms with E-state index in [2.05, 4.69) is 5.32 Å². The van der Waals surface area contributed by atoms with Gasteiger partial charge in [0.25, 0.3) is 0 Å². The van der Waals surface area contributed by atoms with Crippen molar-refractivity contribution in [3.8, 4) is 0 Å². The molecule has 0 aromatic carbocycles. The van der Waals surface area contributed by atoms with Crippen LogP contribution in [0.3, 0.4) is 0 Å². The minimum Gasteiger partial charge on any atom is -0.340 e. The van der Waals surface area contributed by atoms with Gasteiger partial charge in [-0.15, -0.1) is 0 Å². The van der Waals surface area contributed by atoms with Gasteiger partial charge in [0.15, 0.2) is 0 Å². The molecule has 0 aliphatic carbocycles. The molecule has 5 heteroatoms. The molecule has 1 atom stereocenters. The molecule has 1 N–H and O–H groups in total. The van der Waals surface area contributed by atoms with E-state index >= 15 is 0 Å². The number of piperazine rings is 1. The molecule has 1 fully saturated rings. The van der Waals surface area contributed by atoms with Crippen molar-refractivity contribution < 1.29 is 14.0 Å². The number of hydrogen-bond donors (Lipinski definition) is 1. The molecule has 0 aromatic heterocycles. The maximum Gasteiger partial charge on any atom is 0.249 e. The van der Waals surface area contributed by atoms with Gasteiger partial charge in [-0.3, -0.25) is 14.0 Å². The first kappa shape index (κ1) is 16.9. The molecular formula is C15H27FN2O2. The van der Waals surface area contributed by atoms with Crippen LogP contribution in [0.2, 0.25) is 0 Å². The number of carbonyl (C=O) groups is 2. The molecule has 1 unspecified atom stereocenters. The zero-order valence-electron chi connectivity index (χ0n) is 13.3. The van der Waals surface area contributed by atoms with Gasteiger partial charge in [0, 0.05) is 6.54 Å². The zero-order chi connectivity index (χ0) is 15.6. The molecule has 116 valence electrons. The second-order valence-electron chi connectivity index (χ2n) is 6.59. The molecule has 4 nitrogen and oxygen atoms in total. The molecule has 0 radical (unpaired) electrons. The van der Waals surface area contributed by atoms with Crippen LogP contribution >= 0.6 is 0 Å². The Labute approximate surface area is 121 Å². The summed E-state index contributed by atoms with van der Waals surface area (Å²) in [4.78, 5) is 26.9. The highest BCUT2D eigenvalue weighted by Gasteiger charge is 2.51. The van der Waals surface area contributed by atoms with Crippen molar-refractivity contribution in [2.75, 3.05) is 13.2 Å². The lowest BCUT2D eigenvalue weighted by Crippen LogP contribution is -2.72. The molecule has 1 saturated heterocycles. The van der Waals surface area contributed by atoms with E-state index in [1.807, 2.05) is 34.6 Å². The predicted octanol–water partition coefficient (Wildman–Crippen LogP) is 2.28. The van der Waals surface area contributed by atoms with Crippen molar-refractivity contribution >= 4 is 11.8 Å². The van der Waals surface area contributed by atoms with Crippen LogP contribution in [0.15, 0.2) is 0 Å². The summed E-state index contributed by atoms with van der Waals surface area (Å²) in [7, 11) is 0. The molecule has 1 aliphatic rings. The summed E-state index contributed by atoms with van der Waals surface area (Å²) < 4.78 is 12.5. The van der Waals surface area contributed by atoms with Crippen molar-refractivity contribution in [2.45, 2.75) is 65.5 Å². The topological polar surface area (TPSA) is 49.4 Å². The van der Waals surface area contributed by atoms with E-state index in [1.165, 1.54) is 0 Å². The third-order valence-electron chi connectivity index (χ3n) is 4.15. The Morgan fingerprint density at radius 2 is 1.80 bits per heavy atom. The number of alkyl halides is 1. The maximum atomic E-state index is 12.8. The van der Waals surface area contributed by atoms with E-state index in [4.69, 9.17) is 0 Å². The minimum absolute atomic E-state index is 0.0736. The van der Waals surface area contributed by atoms with Crippen LogP contribution in [-0.4, -0.2) is 41.5 Å². The number of amides is 2. The number of nitrogens with one attached hydrogen (secondary N) is 1. The first-order valence-electron chi connectivity index (χ1n) is 7.42. The second kappa shape index (κ2) is 6.10. The summed E-state index contributed by atoms with van der Waals surface area (Å²) in [6, 6.07) is -0.534. The Kier molecular flexibility index (Phi) is 5.16. The molecule has 0 spiro atoms. The van der Waals surface area contributed by atoms with Crippen LogP contribution in [0.5, 0.6) is 0 Å². The van der Waals surface area contributed by atoms with E-state index < -0.39 is 18.3 Å². The van der Waals surface area contributed by atoms with E-state index in [1.54, 1.807) is 4.90 Å². The summed E-state index contributed by atoms with van der Waals surface area (Å²) in [6.07, 6.45) is 1.38. The lowest BCUT2D eigenvalue weighted by Gasteiger charge is -2.49. The Morgan fingerprint density at radius 3 is 2.20 bits per heavy atom. The Balaban J connectivity index is 3.17. The van der Waals surface area contributed by atoms with Crippen LogP contribution in [0.1, 0.15) is 53.9 Å². The predicted molar refractivity (Wildman–Crippen MR) is 77.0 cm³/mol. The van der Waals surface area contributed by atoms with E-state index in [0.717, 1.165) is 0 Å². The van der Waals surface area contributed by atoms with Crippen molar-refractivity contribution in [3.63, 3.8) is 0 Å². The van der Waals surface area contributed by atoms with Crippen molar-refractivity contribution in [1.82, 2.24) is 10.2 Å². The average Bonchev–Trinajstić information content (AvgIpc) is 2.37. The van der Waals surface area contributed by atoms with Gasteiger partial charge < -0.3 is 10.2 Å². The summed E-state index contributed by atoms with van der Waals surface area (Å²) in [5, 5.41) is 2.92. The lowest BCUT2D eigenvalue weighted by molar-refractivity contribution is -0.160. The van der Waals surface area contributed by atoms with Gasteiger partial charge in [0.2, 0.25) is 11.8 Å². The fourth-order valence-electron chi connectivity index (χ4n) is 2.94. The highest BCUT2D eigenvalue weighted by molar-refractivity contribution is 6.00. The van der Waals surface area contributed by atoms with Gasteiger partial charge in [-0.2, -0.15) is 0 Å². The minimum atomic E-state index is -0.824. The Hall–Kier alpha value is -1.13. The fourth-order valence-corrected chi connectivity index (χ4v) is 2.94. The fraction of sp³-hybridized carbons (Fsp3) is 0.867. The van der Waals surface area contributed by atoms with Crippen LogP contribution in [0.4, 0.5) is 4.39 Å². The second-order valence-corrected chi connectivity index (χ2v) is 6.59. The average molecular weight is 286 g/mol. The molecule has 1 heterocycles. The quantitative estimate of drug-likeness (QED) is 0.843. The maximum absolute atomic E-state index is 12.8. The van der Waals surface area contributed by atoms with E-state index in [9.17, 15) is 14.0 Å². The molecule has 1 aliphatic heterocycles. The van der Waals surface area contributed by atoms with Crippen LogP contribution < -0.4 is 5.32 Å². The Bertz CT molecular complexity index is 373. The summed E-state index contributed by atoms with van der Waals surface area (Å²) in [5.41, 5.74) is -1.20. The van der Waals surface area contributed by atoms with Crippen LogP contribution in [0.25, 0.3) is 0 Å². The first-order valence-corrected chi connectivity index (χ1v) is 7.42. The SMILES string of the molecule is CCC1(CC)NC(=O)C(C(C)(C)C)N(CCCF)C1=O. The first-order chi connectivity index (χ1) is 9.23. The number of carbonyl (C=O) groups excluding carboxylic acids is 2. The molecule has 0 saturated carbocycles. The zero-order valence-corrected chi connectivity index (χ0v) is 13.3. The number of nitrogens with zero attached hydrogens (tertiary/aromatic N) is 1. The smallest absolute Gasteiger partial charge is 0.249 e. The van der Waals surface area contributed by atoms with E-state index in [-0.39, 0.29) is 23.7 Å². The Morgan fingerprint density at radius 1 is 1.25 bits per heavy atom. The van der Waals surface area contributed by atoms with Gasteiger partial charge in [-0.05, 0) is 24.7 Å². The van der Waals surface area contributed by atoms with Gasteiger partial charge in [-0.25, -0.2) is 0 Å². The highest BCUT2D eigenvalue weighted by atomic mass is 19.1. The number of halogens is 1. The third kappa shape index (κ3) is 2.96. The van der Waals surface area contributed by atoms with Crippen LogP contribution in [0, 0.1) is 5.41 Å². The largest absolute Gasteiger partial charge is 0.340 e. The van der Waals surface area contributed by atoms with E-state index in [0.29, 0.717) is 19.4 Å². The van der Waals surface area contributed by atoms with Crippen molar-refractivity contribution in [2.24, 2.45) is 5.41 Å².